The van der Waals surface area contributed by atoms with Crippen molar-refractivity contribution in [2.24, 2.45) is 5.73 Å². The third-order valence-electron chi connectivity index (χ3n) is 3.67. The van der Waals surface area contributed by atoms with Gasteiger partial charge in [-0.3, -0.25) is 0 Å². The molecule has 114 valence electrons. The summed E-state index contributed by atoms with van der Waals surface area (Å²) >= 11 is 6.13. The predicted octanol–water partition coefficient (Wildman–Crippen LogP) is 3.47. The van der Waals surface area contributed by atoms with E-state index in [1.807, 2.05) is 34.9 Å². The van der Waals surface area contributed by atoms with Gasteiger partial charge in [0.25, 0.3) is 0 Å². The number of hydrogen-bond acceptors (Lipinski definition) is 3. The summed E-state index contributed by atoms with van der Waals surface area (Å²) in [4.78, 5) is 4.76. The van der Waals surface area contributed by atoms with E-state index in [1.54, 1.807) is 7.11 Å². The van der Waals surface area contributed by atoms with E-state index in [1.165, 1.54) is 0 Å². The number of nitrogens with two attached hydrogens (primary N) is 1. The minimum absolute atomic E-state index is 0.543. The van der Waals surface area contributed by atoms with E-state index in [4.69, 9.17) is 27.1 Å². The number of halogens is 1. The number of benzene rings is 1. The van der Waals surface area contributed by atoms with E-state index in [-0.39, 0.29) is 0 Å². The Kier molecular flexibility index (Phi) is 4.05. The lowest BCUT2D eigenvalue weighted by atomic mass is 10.0. The smallest absolute Gasteiger partial charge is 0.137 e. The largest absolute Gasteiger partial charge is 0.496 e. The number of aryl methyl sites for hydroxylation is 1. The van der Waals surface area contributed by atoms with Crippen molar-refractivity contribution in [1.82, 2.24) is 9.38 Å². The summed E-state index contributed by atoms with van der Waals surface area (Å²) in [6, 6.07) is 9.83. The van der Waals surface area contributed by atoms with E-state index >= 15 is 0 Å². The lowest BCUT2D eigenvalue weighted by Gasteiger charge is -2.10. The zero-order valence-electron chi connectivity index (χ0n) is 12.6. The van der Waals surface area contributed by atoms with Gasteiger partial charge < -0.3 is 14.9 Å². The highest BCUT2D eigenvalue weighted by Gasteiger charge is 2.17. The predicted molar refractivity (Wildman–Crippen MR) is 89.7 cm³/mol. The van der Waals surface area contributed by atoms with Crippen molar-refractivity contribution in [3.63, 3.8) is 0 Å². The molecule has 3 aromatic rings. The highest BCUT2D eigenvalue weighted by molar-refractivity contribution is 6.30. The molecular weight excluding hydrogens is 298 g/mol. The average molecular weight is 316 g/mol. The van der Waals surface area contributed by atoms with Crippen molar-refractivity contribution in [1.29, 1.82) is 0 Å². The van der Waals surface area contributed by atoms with Crippen LogP contribution in [0.5, 0.6) is 5.75 Å². The Morgan fingerprint density at radius 1 is 1.27 bits per heavy atom. The molecule has 22 heavy (non-hydrogen) atoms. The second-order valence-electron chi connectivity index (χ2n) is 5.23. The van der Waals surface area contributed by atoms with Crippen molar-refractivity contribution >= 4 is 17.2 Å². The topological polar surface area (TPSA) is 52.5 Å². The van der Waals surface area contributed by atoms with Crippen molar-refractivity contribution in [3.05, 3.63) is 52.8 Å². The zero-order chi connectivity index (χ0) is 15.7. The number of imidazole rings is 1. The molecule has 2 heterocycles. The molecule has 0 amide bonds. The van der Waals surface area contributed by atoms with Gasteiger partial charge in [0.05, 0.1) is 23.5 Å². The fourth-order valence-corrected chi connectivity index (χ4v) is 2.83. The van der Waals surface area contributed by atoms with Crippen molar-refractivity contribution in [3.8, 4) is 17.0 Å². The number of methoxy groups -OCH3 is 1. The van der Waals surface area contributed by atoms with Gasteiger partial charge in [-0.05, 0) is 37.7 Å². The number of pyridine rings is 1. The van der Waals surface area contributed by atoms with Crippen LogP contribution < -0.4 is 10.5 Å². The molecule has 0 aliphatic heterocycles. The average Bonchev–Trinajstić information content (AvgIpc) is 2.86. The summed E-state index contributed by atoms with van der Waals surface area (Å²) in [6.45, 7) is 2.60. The molecule has 1 aromatic carbocycles. The van der Waals surface area contributed by atoms with Crippen molar-refractivity contribution in [2.75, 3.05) is 13.7 Å². The Bertz CT molecular complexity index is 826. The van der Waals surface area contributed by atoms with Crippen molar-refractivity contribution in [2.45, 2.75) is 13.3 Å². The highest BCUT2D eigenvalue weighted by Crippen LogP contribution is 2.33. The van der Waals surface area contributed by atoms with Gasteiger partial charge in [0.2, 0.25) is 0 Å². The van der Waals surface area contributed by atoms with Gasteiger partial charge >= 0.3 is 0 Å². The maximum Gasteiger partial charge on any atom is 0.137 e. The number of fused-ring (bicyclic) bond motifs is 1. The number of rotatable bonds is 4. The molecule has 0 spiro atoms. The van der Waals surface area contributed by atoms with Crippen LogP contribution in [0.1, 0.15) is 11.3 Å². The molecule has 0 radical (unpaired) electrons. The molecule has 0 aliphatic carbocycles. The van der Waals surface area contributed by atoms with Crippen molar-refractivity contribution < 1.29 is 4.74 Å². The first-order chi connectivity index (χ1) is 10.6. The maximum atomic E-state index is 6.13. The molecule has 2 N–H and O–H groups in total. The van der Waals surface area contributed by atoms with Gasteiger partial charge in [-0.25, -0.2) is 4.98 Å². The second kappa shape index (κ2) is 5.99. The first kappa shape index (κ1) is 14.9. The normalized spacial score (nSPS) is 11.1. The Labute approximate surface area is 134 Å². The van der Waals surface area contributed by atoms with Gasteiger partial charge in [-0.1, -0.05) is 23.2 Å². The quantitative estimate of drug-likeness (QED) is 0.802. The van der Waals surface area contributed by atoms with Gasteiger partial charge in [-0.2, -0.15) is 0 Å². The SMILES string of the molecule is COc1ccc(C)cc1-c1nc2ccc(Cl)cn2c1CCN. The molecule has 0 unspecified atom stereocenters. The summed E-state index contributed by atoms with van der Waals surface area (Å²) in [5, 5.41) is 0.672. The molecule has 0 atom stereocenters. The van der Waals surface area contributed by atoms with E-state index in [0.717, 1.165) is 33.9 Å². The number of hydrogen-bond donors (Lipinski definition) is 1. The molecule has 4 nitrogen and oxygen atoms in total. The summed E-state index contributed by atoms with van der Waals surface area (Å²) in [5.41, 5.74) is 10.7. The summed E-state index contributed by atoms with van der Waals surface area (Å²) in [6.07, 6.45) is 2.59. The summed E-state index contributed by atoms with van der Waals surface area (Å²) in [5.74, 6) is 0.804. The Hall–Kier alpha value is -2.04. The fourth-order valence-electron chi connectivity index (χ4n) is 2.67. The standard InChI is InChI=1S/C17H18ClN3O/c1-11-3-5-15(22-2)13(9-11)17-14(7-8-19)21-10-12(18)4-6-16(21)20-17/h3-6,9-10H,7-8,19H2,1-2H3. The molecule has 3 rings (SSSR count). The van der Waals surface area contributed by atoms with Crippen LogP contribution in [0.4, 0.5) is 0 Å². The monoisotopic (exact) mass is 315 g/mol. The van der Waals surface area contributed by atoms with E-state index in [2.05, 4.69) is 13.0 Å². The third kappa shape index (κ3) is 2.56. The number of nitrogens with zero attached hydrogens (tertiary/aromatic N) is 2. The second-order valence-corrected chi connectivity index (χ2v) is 5.66. The molecule has 0 fully saturated rings. The minimum Gasteiger partial charge on any atom is -0.496 e. The van der Waals surface area contributed by atoms with Crippen LogP contribution in [0.2, 0.25) is 5.02 Å². The molecule has 0 bridgehead atoms. The molecule has 5 heteroatoms. The molecule has 0 saturated carbocycles. The van der Waals surface area contributed by atoms with E-state index < -0.39 is 0 Å². The van der Waals surface area contributed by atoms with Gasteiger partial charge in [0.1, 0.15) is 11.4 Å². The van der Waals surface area contributed by atoms with Crippen LogP contribution in [0.25, 0.3) is 16.9 Å². The minimum atomic E-state index is 0.543. The maximum absolute atomic E-state index is 6.13. The summed E-state index contributed by atoms with van der Waals surface area (Å²) in [7, 11) is 1.67. The van der Waals surface area contributed by atoms with Gasteiger partial charge in [0, 0.05) is 18.2 Å². The molecular formula is C17H18ClN3O. The Balaban J connectivity index is 2.30. The first-order valence-corrected chi connectivity index (χ1v) is 7.53. The van der Waals surface area contributed by atoms with E-state index in [0.29, 0.717) is 18.0 Å². The fraction of sp³-hybridized carbons (Fsp3) is 0.235. The molecule has 0 aliphatic rings. The summed E-state index contributed by atoms with van der Waals surface area (Å²) < 4.78 is 7.51. The first-order valence-electron chi connectivity index (χ1n) is 7.15. The zero-order valence-corrected chi connectivity index (χ0v) is 13.4. The van der Waals surface area contributed by atoms with Crippen LogP contribution in [0.15, 0.2) is 36.5 Å². The van der Waals surface area contributed by atoms with Crippen LogP contribution >= 0.6 is 11.6 Å². The highest BCUT2D eigenvalue weighted by atomic mass is 35.5. The lowest BCUT2D eigenvalue weighted by Crippen LogP contribution is -2.06. The van der Waals surface area contributed by atoms with Gasteiger partial charge in [0.15, 0.2) is 0 Å². The molecule has 0 saturated heterocycles. The van der Waals surface area contributed by atoms with Crippen LogP contribution in [-0.2, 0) is 6.42 Å². The van der Waals surface area contributed by atoms with Crippen LogP contribution in [0.3, 0.4) is 0 Å². The van der Waals surface area contributed by atoms with Crippen LogP contribution in [-0.4, -0.2) is 23.0 Å². The van der Waals surface area contributed by atoms with Crippen LogP contribution in [0, 0.1) is 6.92 Å². The number of ether oxygens (including phenoxy) is 1. The Morgan fingerprint density at radius 2 is 2.09 bits per heavy atom. The van der Waals surface area contributed by atoms with E-state index in [9.17, 15) is 0 Å². The molecule has 2 aromatic heterocycles. The number of aromatic nitrogens is 2. The van der Waals surface area contributed by atoms with Gasteiger partial charge in [-0.15, -0.1) is 0 Å². The Morgan fingerprint density at radius 3 is 2.82 bits per heavy atom. The third-order valence-corrected chi connectivity index (χ3v) is 3.90. The lowest BCUT2D eigenvalue weighted by molar-refractivity contribution is 0.416.